The Hall–Kier alpha value is 0.156. The van der Waals surface area contributed by atoms with E-state index >= 15 is 0 Å². The molecular formula is C6H12MgO4. The van der Waals surface area contributed by atoms with Crippen molar-refractivity contribution < 1.29 is 22.2 Å². The Labute approximate surface area is 84.0 Å². The topological polar surface area (TPSA) is 55.8 Å². The van der Waals surface area contributed by atoms with Gasteiger partial charge < -0.3 is 17.4 Å². The molecule has 0 aliphatic carbocycles. The van der Waals surface area contributed by atoms with E-state index in [4.69, 9.17) is 14.6 Å². The van der Waals surface area contributed by atoms with Crippen molar-refractivity contribution in [2.24, 2.45) is 0 Å². The molecule has 1 N–H and O–H groups in total. The van der Waals surface area contributed by atoms with Gasteiger partial charge in [-0.3, -0.25) is 0 Å². The molecule has 1 saturated heterocycles. The summed E-state index contributed by atoms with van der Waals surface area (Å²) in [5.74, 6) is -1.70. The Balaban J connectivity index is -0.000000333. The SMILES string of the molecule is CC1(C)OCC(C(=O)O)O1.[H-].[H-].[Mg+2]. The van der Waals surface area contributed by atoms with Gasteiger partial charge in [-0.25, -0.2) is 4.79 Å². The zero-order chi connectivity index (χ0) is 7.78. The Morgan fingerprint density at radius 1 is 1.73 bits per heavy atom. The summed E-state index contributed by atoms with van der Waals surface area (Å²) in [6.45, 7) is 3.52. The number of hydrogen-bond acceptors (Lipinski definition) is 3. The van der Waals surface area contributed by atoms with Crippen LogP contribution in [0.2, 0.25) is 0 Å². The van der Waals surface area contributed by atoms with E-state index in [1.54, 1.807) is 13.8 Å². The fraction of sp³-hybridized carbons (Fsp3) is 0.833. The molecule has 1 aliphatic heterocycles. The molecule has 11 heavy (non-hydrogen) atoms. The van der Waals surface area contributed by atoms with Gasteiger partial charge in [0.05, 0.1) is 6.61 Å². The zero-order valence-corrected chi connectivity index (χ0v) is 8.08. The molecule has 0 radical (unpaired) electrons. The van der Waals surface area contributed by atoms with Gasteiger partial charge in [0.15, 0.2) is 11.9 Å². The monoisotopic (exact) mass is 172 g/mol. The van der Waals surface area contributed by atoms with Crippen LogP contribution >= 0.6 is 0 Å². The number of carbonyl (C=O) groups is 1. The van der Waals surface area contributed by atoms with Crippen molar-refractivity contribution in [3.05, 3.63) is 0 Å². The molecule has 0 aromatic rings. The maximum absolute atomic E-state index is 10.3. The fourth-order valence-corrected chi connectivity index (χ4v) is 0.809. The summed E-state index contributed by atoms with van der Waals surface area (Å²) < 4.78 is 10.00. The van der Waals surface area contributed by atoms with Crippen molar-refractivity contribution >= 4 is 29.0 Å². The van der Waals surface area contributed by atoms with Crippen LogP contribution in [0.4, 0.5) is 0 Å². The van der Waals surface area contributed by atoms with Crippen molar-refractivity contribution in [1.29, 1.82) is 0 Å². The molecule has 1 aliphatic rings. The molecule has 1 atom stereocenters. The molecule has 1 unspecified atom stereocenters. The normalized spacial score (nSPS) is 27.6. The number of ether oxygens (including phenoxy) is 2. The van der Waals surface area contributed by atoms with Crippen LogP contribution in [0.1, 0.15) is 16.7 Å². The van der Waals surface area contributed by atoms with Gasteiger partial charge in [-0.1, -0.05) is 0 Å². The van der Waals surface area contributed by atoms with Gasteiger partial charge in [0, 0.05) is 0 Å². The summed E-state index contributed by atoms with van der Waals surface area (Å²) in [7, 11) is 0. The van der Waals surface area contributed by atoms with Crippen molar-refractivity contribution in [3.8, 4) is 0 Å². The van der Waals surface area contributed by atoms with E-state index in [2.05, 4.69) is 0 Å². The largest absolute Gasteiger partial charge is 2.00 e. The van der Waals surface area contributed by atoms with Gasteiger partial charge in [-0.15, -0.1) is 0 Å². The maximum atomic E-state index is 10.3. The van der Waals surface area contributed by atoms with Crippen LogP contribution in [-0.2, 0) is 14.3 Å². The molecule has 4 nitrogen and oxygen atoms in total. The Morgan fingerprint density at radius 2 is 2.27 bits per heavy atom. The molecule has 0 aromatic heterocycles. The van der Waals surface area contributed by atoms with Gasteiger partial charge in [0.25, 0.3) is 0 Å². The maximum Gasteiger partial charge on any atom is 2.00 e. The number of aliphatic carboxylic acids is 1. The second-order valence-electron chi connectivity index (χ2n) is 2.66. The van der Waals surface area contributed by atoms with Gasteiger partial charge in [0.2, 0.25) is 0 Å². The predicted molar refractivity (Wildman–Crippen MR) is 40.5 cm³/mol. The average molecular weight is 172 g/mol. The summed E-state index contributed by atoms with van der Waals surface area (Å²) in [6, 6.07) is 0. The van der Waals surface area contributed by atoms with E-state index in [-0.39, 0.29) is 32.5 Å². The van der Waals surface area contributed by atoms with E-state index in [1.165, 1.54) is 0 Å². The quantitative estimate of drug-likeness (QED) is 0.569. The molecule has 0 amide bonds. The standard InChI is InChI=1S/C6H10O4.Mg.2H/c1-6(2)9-3-4(10-6)5(7)8;;;/h4H,3H2,1-2H3,(H,7,8);;;/q;+2;2*-1. The summed E-state index contributed by atoms with van der Waals surface area (Å²) in [6.07, 6.45) is -0.796. The van der Waals surface area contributed by atoms with Gasteiger partial charge in [0.1, 0.15) is 0 Å². The van der Waals surface area contributed by atoms with Crippen molar-refractivity contribution in [1.82, 2.24) is 0 Å². The van der Waals surface area contributed by atoms with Gasteiger partial charge in [-0.2, -0.15) is 0 Å². The molecule has 5 heteroatoms. The average Bonchev–Trinajstić information content (AvgIpc) is 2.10. The fourth-order valence-electron chi connectivity index (χ4n) is 0.809. The third-order valence-corrected chi connectivity index (χ3v) is 1.28. The molecule has 62 valence electrons. The zero-order valence-electron chi connectivity index (χ0n) is 8.66. The smallest absolute Gasteiger partial charge is 1.00 e. The summed E-state index contributed by atoms with van der Waals surface area (Å²) in [5, 5.41) is 8.44. The third-order valence-electron chi connectivity index (χ3n) is 1.28. The first-order chi connectivity index (χ1) is 4.51. The Kier molecular flexibility index (Phi) is 3.76. The first-order valence-electron chi connectivity index (χ1n) is 3.06. The molecule has 1 heterocycles. The minimum Gasteiger partial charge on any atom is -1.00 e. The molecule has 0 bridgehead atoms. The summed E-state index contributed by atoms with van der Waals surface area (Å²) >= 11 is 0. The molecular weight excluding hydrogens is 160 g/mol. The summed E-state index contributed by atoms with van der Waals surface area (Å²) in [5.41, 5.74) is 0. The Morgan fingerprint density at radius 3 is 2.45 bits per heavy atom. The number of rotatable bonds is 1. The van der Waals surface area contributed by atoms with Crippen LogP contribution in [0.15, 0.2) is 0 Å². The van der Waals surface area contributed by atoms with E-state index in [0.717, 1.165) is 0 Å². The third kappa shape index (κ3) is 2.94. The van der Waals surface area contributed by atoms with Crippen LogP contribution in [0, 0.1) is 0 Å². The van der Waals surface area contributed by atoms with Crippen molar-refractivity contribution in [3.63, 3.8) is 0 Å². The second kappa shape index (κ2) is 3.71. The number of hydrogen-bond donors (Lipinski definition) is 1. The summed E-state index contributed by atoms with van der Waals surface area (Å²) in [4.78, 5) is 10.3. The van der Waals surface area contributed by atoms with E-state index in [9.17, 15) is 4.79 Å². The van der Waals surface area contributed by atoms with Crippen LogP contribution in [0.25, 0.3) is 0 Å². The van der Waals surface area contributed by atoms with Crippen LogP contribution in [0.3, 0.4) is 0 Å². The minimum atomic E-state index is -0.967. The molecule has 0 saturated carbocycles. The van der Waals surface area contributed by atoms with E-state index < -0.39 is 17.9 Å². The first-order valence-corrected chi connectivity index (χ1v) is 3.06. The minimum absolute atomic E-state index is 0. The second-order valence-corrected chi connectivity index (χ2v) is 2.66. The van der Waals surface area contributed by atoms with Gasteiger partial charge >= 0.3 is 29.0 Å². The van der Waals surface area contributed by atoms with E-state index in [1.807, 2.05) is 0 Å². The molecule has 1 rings (SSSR count). The number of carboxylic acid groups (broad SMARTS) is 1. The predicted octanol–water partition coefficient (Wildman–Crippen LogP) is 0.0667. The van der Waals surface area contributed by atoms with Crippen LogP contribution in [-0.4, -0.2) is 52.6 Å². The van der Waals surface area contributed by atoms with Gasteiger partial charge in [-0.05, 0) is 13.8 Å². The van der Waals surface area contributed by atoms with Crippen molar-refractivity contribution in [2.75, 3.05) is 6.61 Å². The van der Waals surface area contributed by atoms with Crippen LogP contribution in [0.5, 0.6) is 0 Å². The van der Waals surface area contributed by atoms with Crippen LogP contribution < -0.4 is 0 Å². The molecule has 1 fully saturated rings. The Bertz CT molecular complexity index is 165. The number of carboxylic acids is 1. The molecule has 0 spiro atoms. The molecule has 0 aromatic carbocycles. The van der Waals surface area contributed by atoms with E-state index in [0.29, 0.717) is 0 Å². The first kappa shape index (κ1) is 11.2. The van der Waals surface area contributed by atoms with Crippen molar-refractivity contribution in [2.45, 2.75) is 25.7 Å².